The third-order valence-corrected chi connectivity index (χ3v) is 6.18. The molecule has 1 aliphatic rings. The van der Waals surface area contributed by atoms with Crippen LogP contribution in [0.25, 0.3) is 21.8 Å². The van der Waals surface area contributed by atoms with Gasteiger partial charge in [0.25, 0.3) is 0 Å². The number of aliphatic carboxylic acids is 1. The molecule has 1 aliphatic carbocycles. The Morgan fingerprint density at radius 3 is 2.57 bits per heavy atom. The third-order valence-electron chi connectivity index (χ3n) is 5.38. The molecule has 0 radical (unpaired) electrons. The monoisotopic (exact) mass is 418 g/mol. The van der Waals surface area contributed by atoms with Crippen LogP contribution in [0, 0.1) is 0 Å². The molecule has 1 heterocycles. The van der Waals surface area contributed by atoms with Crippen LogP contribution in [0.2, 0.25) is 10.0 Å². The van der Waals surface area contributed by atoms with Crippen molar-refractivity contribution in [2.75, 3.05) is 5.32 Å². The smallest absolute Gasteiger partial charge is 0.323 e. The fourth-order valence-corrected chi connectivity index (χ4v) is 4.50. The molecule has 7 heteroatoms. The van der Waals surface area contributed by atoms with Crippen LogP contribution in [0.15, 0.2) is 35.1 Å². The molecule has 0 unspecified atom stereocenters. The van der Waals surface area contributed by atoms with Crippen molar-refractivity contribution in [3.05, 3.63) is 50.6 Å². The highest BCUT2D eigenvalue weighted by Gasteiger charge is 2.18. The molecule has 1 fully saturated rings. The van der Waals surface area contributed by atoms with Gasteiger partial charge < -0.3 is 15.0 Å². The number of hydrogen-bond donors (Lipinski definition) is 2. The molecule has 0 bridgehead atoms. The van der Waals surface area contributed by atoms with Crippen molar-refractivity contribution in [3.8, 4) is 0 Å². The van der Waals surface area contributed by atoms with Crippen LogP contribution in [-0.2, 0) is 11.3 Å². The average Bonchev–Trinajstić information content (AvgIpc) is 2.68. The number of aromatic nitrogens is 1. The maximum atomic E-state index is 13.1. The van der Waals surface area contributed by atoms with Gasteiger partial charge in [-0.1, -0.05) is 42.5 Å². The lowest BCUT2D eigenvalue weighted by atomic mass is 9.95. The molecule has 0 atom stereocenters. The van der Waals surface area contributed by atoms with Gasteiger partial charge in [-0.05, 0) is 43.2 Å². The quantitative estimate of drug-likeness (QED) is 0.564. The Hall–Kier alpha value is -2.24. The van der Waals surface area contributed by atoms with E-state index < -0.39 is 5.97 Å². The van der Waals surface area contributed by atoms with E-state index in [9.17, 15) is 14.7 Å². The Morgan fingerprint density at radius 1 is 1.11 bits per heavy atom. The van der Waals surface area contributed by atoms with Gasteiger partial charge in [0.2, 0.25) is 0 Å². The van der Waals surface area contributed by atoms with E-state index in [0.29, 0.717) is 27.8 Å². The lowest BCUT2D eigenvalue weighted by Crippen LogP contribution is -2.22. The van der Waals surface area contributed by atoms with Gasteiger partial charge in [-0.15, -0.1) is 0 Å². The minimum Gasteiger partial charge on any atom is -0.480 e. The summed E-state index contributed by atoms with van der Waals surface area (Å²) in [5.74, 6) is -1.02. The number of nitrogens with zero attached hydrogens (tertiary/aromatic N) is 1. The third kappa shape index (κ3) is 3.45. The number of anilines is 1. The topological polar surface area (TPSA) is 71.3 Å². The molecule has 28 heavy (non-hydrogen) atoms. The van der Waals surface area contributed by atoms with Gasteiger partial charge in [-0.3, -0.25) is 9.59 Å². The number of halogens is 2. The number of hydrogen-bond acceptors (Lipinski definition) is 3. The van der Waals surface area contributed by atoms with Gasteiger partial charge in [0, 0.05) is 22.5 Å². The normalized spacial score (nSPS) is 15.2. The van der Waals surface area contributed by atoms with E-state index in [-0.39, 0.29) is 22.0 Å². The van der Waals surface area contributed by atoms with Crippen molar-refractivity contribution in [2.45, 2.75) is 44.7 Å². The van der Waals surface area contributed by atoms with Crippen molar-refractivity contribution in [1.82, 2.24) is 4.57 Å². The first-order chi connectivity index (χ1) is 13.5. The predicted octanol–water partition coefficient (Wildman–Crippen LogP) is 5.29. The van der Waals surface area contributed by atoms with E-state index in [1.54, 1.807) is 22.8 Å². The largest absolute Gasteiger partial charge is 0.480 e. The molecular weight excluding hydrogens is 399 g/mol. The maximum absolute atomic E-state index is 13.1. The van der Waals surface area contributed by atoms with E-state index in [1.807, 2.05) is 12.1 Å². The summed E-state index contributed by atoms with van der Waals surface area (Å²) in [4.78, 5) is 24.6. The fraction of sp³-hybridized carbons (Fsp3) is 0.333. The van der Waals surface area contributed by atoms with Crippen molar-refractivity contribution in [1.29, 1.82) is 0 Å². The summed E-state index contributed by atoms with van der Waals surface area (Å²) in [5, 5.41) is 14.2. The molecule has 2 aromatic carbocycles. The zero-order valence-electron chi connectivity index (χ0n) is 15.2. The van der Waals surface area contributed by atoms with Gasteiger partial charge in [-0.2, -0.15) is 0 Å². The molecule has 4 rings (SSSR count). The molecule has 0 amide bonds. The van der Waals surface area contributed by atoms with Crippen LogP contribution in [0.3, 0.4) is 0 Å². The highest BCUT2D eigenvalue weighted by atomic mass is 35.5. The average molecular weight is 419 g/mol. The Kier molecular flexibility index (Phi) is 5.21. The lowest BCUT2D eigenvalue weighted by molar-refractivity contribution is -0.137. The predicted molar refractivity (Wildman–Crippen MR) is 114 cm³/mol. The molecule has 0 saturated heterocycles. The molecule has 0 aliphatic heterocycles. The number of rotatable bonds is 4. The number of nitrogens with one attached hydrogen (secondary N) is 1. The van der Waals surface area contributed by atoms with Crippen molar-refractivity contribution in [3.63, 3.8) is 0 Å². The molecule has 2 N–H and O–H groups in total. The number of fused-ring (bicyclic) bond motifs is 2. The zero-order valence-corrected chi connectivity index (χ0v) is 16.7. The molecular formula is C21H20Cl2N2O3. The fourth-order valence-electron chi connectivity index (χ4n) is 4.08. The SMILES string of the molecule is O=C(O)Cn1c2ccc(NC3CCCCC3)cc2c(=O)c2ccc(Cl)c(Cl)c21. The molecule has 1 aromatic heterocycles. The van der Waals surface area contributed by atoms with Gasteiger partial charge in [0.05, 0.1) is 21.1 Å². The van der Waals surface area contributed by atoms with E-state index >= 15 is 0 Å². The highest BCUT2D eigenvalue weighted by Crippen LogP contribution is 2.32. The van der Waals surface area contributed by atoms with Gasteiger partial charge in [0.1, 0.15) is 6.54 Å². The Morgan fingerprint density at radius 2 is 1.86 bits per heavy atom. The second kappa shape index (κ2) is 7.64. The first-order valence-electron chi connectivity index (χ1n) is 9.38. The number of carbonyl (C=O) groups is 1. The number of pyridine rings is 1. The number of benzene rings is 2. The summed E-state index contributed by atoms with van der Waals surface area (Å²) in [6, 6.07) is 9.05. The minimum atomic E-state index is -1.02. The van der Waals surface area contributed by atoms with E-state index in [4.69, 9.17) is 23.2 Å². The van der Waals surface area contributed by atoms with Gasteiger partial charge in [0.15, 0.2) is 5.43 Å². The molecule has 5 nitrogen and oxygen atoms in total. The molecule has 3 aromatic rings. The van der Waals surface area contributed by atoms with Crippen LogP contribution >= 0.6 is 23.2 Å². The van der Waals surface area contributed by atoms with Crippen LogP contribution in [0.4, 0.5) is 5.69 Å². The van der Waals surface area contributed by atoms with Crippen LogP contribution in [0.1, 0.15) is 32.1 Å². The van der Waals surface area contributed by atoms with E-state index in [1.165, 1.54) is 19.3 Å². The van der Waals surface area contributed by atoms with Crippen LogP contribution in [0.5, 0.6) is 0 Å². The Labute approximate surface area is 171 Å². The first kappa shape index (κ1) is 19.1. The second-order valence-electron chi connectivity index (χ2n) is 7.28. The highest BCUT2D eigenvalue weighted by molar-refractivity contribution is 6.45. The lowest BCUT2D eigenvalue weighted by Gasteiger charge is -2.24. The Bertz CT molecular complexity index is 1130. The maximum Gasteiger partial charge on any atom is 0.323 e. The summed E-state index contributed by atoms with van der Waals surface area (Å²) >= 11 is 12.5. The summed E-state index contributed by atoms with van der Waals surface area (Å²) in [6.45, 7) is -0.317. The van der Waals surface area contributed by atoms with Gasteiger partial charge in [-0.25, -0.2) is 0 Å². The van der Waals surface area contributed by atoms with Crippen molar-refractivity contribution >= 4 is 56.7 Å². The second-order valence-corrected chi connectivity index (χ2v) is 8.06. The van der Waals surface area contributed by atoms with Crippen molar-refractivity contribution in [2.24, 2.45) is 0 Å². The van der Waals surface area contributed by atoms with Crippen LogP contribution in [-0.4, -0.2) is 21.7 Å². The summed E-state index contributed by atoms with van der Waals surface area (Å²) < 4.78 is 1.55. The first-order valence-corrected chi connectivity index (χ1v) is 10.1. The summed E-state index contributed by atoms with van der Waals surface area (Å²) in [6.07, 6.45) is 5.92. The zero-order chi connectivity index (χ0) is 19.8. The molecule has 0 spiro atoms. The van der Waals surface area contributed by atoms with Gasteiger partial charge >= 0.3 is 5.97 Å². The summed E-state index contributed by atoms with van der Waals surface area (Å²) in [7, 11) is 0. The molecule has 146 valence electrons. The minimum absolute atomic E-state index is 0.183. The standard InChI is InChI=1S/C21H20Cl2N2O3/c22-16-8-7-14-20(19(16)23)25(11-18(26)27)17-9-6-13(10-15(17)21(14)28)24-12-4-2-1-3-5-12/h6-10,12,24H,1-5,11H2,(H,26,27). The number of carboxylic acid groups (broad SMARTS) is 1. The summed E-state index contributed by atoms with van der Waals surface area (Å²) in [5.41, 5.74) is 1.57. The van der Waals surface area contributed by atoms with Crippen molar-refractivity contribution < 1.29 is 9.90 Å². The molecule has 1 saturated carbocycles. The van der Waals surface area contributed by atoms with E-state index in [2.05, 4.69) is 5.32 Å². The van der Waals surface area contributed by atoms with E-state index in [0.717, 1.165) is 18.5 Å². The van der Waals surface area contributed by atoms with Crippen LogP contribution < -0.4 is 10.7 Å². The Balaban J connectivity index is 1.93. The number of carboxylic acids is 1.